The molecule has 0 aromatic rings. The zero-order chi connectivity index (χ0) is 4.83. The van der Waals surface area contributed by atoms with Gasteiger partial charge >= 0.3 is 0 Å². The van der Waals surface area contributed by atoms with E-state index in [4.69, 9.17) is 0 Å². The van der Waals surface area contributed by atoms with Gasteiger partial charge in [-0.25, -0.2) is 0 Å². The Balaban J connectivity index is 2.49. The summed E-state index contributed by atoms with van der Waals surface area (Å²) in [4.78, 5) is 0. The molecule has 0 unspecified atom stereocenters. The van der Waals surface area contributed by atoms with Gasteiger partial charge in [-0.05, 0) is 0 Å². The number of thiol groups is 1. The van der Waals surface area contributed by atoms with Gasteiger partial charge in [-0.3, -0.25) is 0 Å². The van der Waals surface area contributed by atoms with E-state index in [1.54, 1.807) is 0 Å². The second-order valence-electron chi connectivity index (χ2n) is 0.790. The molecule has 0 aliphatic heterocycles. The summed E-state index contributed by atoms with van der Waals surface area (Å²) in [7, 11) is 0. The third kappa shape index (κ3) is 3.82. The SMILES string of the molecule is C=NNCCS. The minimum Gasteiger partial charge on any atom is -0.310 e. The van der Waals surface area contributed by atoms with Crippen molar-refractivity contribution in [2.75, 3.05) is 12.3 Å². The summed E-state index contributed by atoms with van der Waals surface area (Å²) in [5.41, 5.74) is 2.64. The van der Waals surface area contributed by atoms with Crippen LogP contribution in [-0.4, -0.2) is 19.0 Å². The first-order valence-corrected chi connectivity index (χ1v) is 2.34. The highest BCUT2D eigenvalue weighted by Crippen LogP contribution is 1.65. The molecule has 3 heteroatoms. The zero-order valence-electron chi connectivity index (χ0n) is 3.52. The van der Waals surface area contributed by atoms with Crippen molar-refractivity contribution in [1.29, 1.82) is 0 Å². The van der Waals surface area contributed by atoms with Gasteiger partial charge in [0.05, 0.1) is 0 Å². The lowest BCUT2D eigenvalue weighted by molar-refractivity contribution is 0.799. The lowest BCUT2D eigenvalue weighted by atomic mass is 10.8. The Bertz CT molecular complexity index is 37.8. The Morgan fingerprint density at radius 1 is 1.83 bits per heavy atom. The number of nitrogens with zero attached hydrogens (tertiary/aromatic N) is 1. The van der Waals surface area contributed by atoms with Crippen LogP contribution in [0, 0.1) is 0 Å². The van der Waals surface area contributed by atoms with Gasteiger partial charge in [0.15, 0.2) is 0 Å². The Morgan fingerprint density at radius 3 is 2.67 bits per heavy atom. The molecule has 0 spiro atoms. The summed E-state index contributed by atoms with van der Waals surface area (Å²) >= 11 is 3.90. The van der Waals surface area contributed by atoms with E-state index in [0.29, 0.717) is 0 Å². The third-order valence-corrected chi connectivity index (χ3v) is 0.559. The maximum absolute atomic E-state index is 3.90. The van der Waals surface area contributed by atoms with Gasteiger partial charge in [0.1, 0.15) is 0 Å². The minimum absolute atomic E-state index is 0.798. The lowest BCUT2D eigenvalue weighted by Crippen LogP contribution is -2.06. The van der Waals surface area contributed by atoms with Crippen molar-refractivity contribution in [2.24, 2.45) is 5.10 Å². The second-order valence-corrected chi connectivity index (χ2v) is 1.24. The molecule has 0 aliphatic rings. The molecule has 36 valence electrons. The molecule has 0 aromatic carbocycles. The fraction of sp³-hybridized carbons (Fsp3) is 0.667. The van der Waals surface area contributed by atoms with E-state index in [-0.39, 0.29) is 0 Å². The average Bonchev–Trinajstić information content (AvgIpc) is 1.61. The minimum atomic E-state index is 0.798. The van der Waals surface area contributed by atoms with Crippen molar-refractivity contribution in [1.82, 2.24) is 5.43 Å². The highest BCUT2D eigenvalue weighted by atomic mass is 32.1. The first kappa shape index (κ1) is 5.82. The van der Waals surface area contributed by atoms with Crippen LogP contribution in [-0.2, 0) is 0 Å². The Hall–Kier alpha value is -0.180. The van der Waals surface area contributed by atoms with Crippen molar-refractivity contribution in [3.63, 3.8) is 0 Å². The molecule has 0 fully saturated rings. The molecule has 0 saturated heterocycles. The van der Waals surface area contributed by atoms with Crippen LogP contribution in [0.1, 0.15) is 0 Å². The first-order chi connectivity index (χ1) is 2.91. The van der Waals surface area contributed by atoms with E-state index >= 15 is 0 Å². The summed E-state index contributed by atoms with van der Waals surface area (Å²) in [6.45, 7) is 4.00. The highest BCUT2D eigenvalue weighted by Gasteiger charge is 1.68. The van der Waals surface area contributed by atoms with Crippen LogP contribution in [0.3, 0.4) is 0 Å². The summed E-state index contributed by atoms with van der Waals surface area (Å²) in [6.07, 6.45) is 0. The van der Waals surface area contributed by atoms with Crippen LogP contribution in [0.25, 0.3) is 0 Å². The molecule has 0 radical (unpaired) electrons. The quantitative estimate of drug-likeness (QED) is 0.226. The van der Waals surface area contributed by atoms with E-state index in [1.165, 1.54) is 0 Å². The molecule has 0 rings (SSSR count). The van der Waals surface area contributed by atoms with Gasteiger partial charge in [0.2, 0.25) is 0 Å². The normalized spacial score (nSPS) is 7.50. The van der Waals surface area contributed by atoms with Gasteiger partial charge in [0.25, 0.3) is 0 Å². The molecule has 0 bridgehead atoms. The van der Waals surface area contributed by atoms with Crippen LogP contribution < -0.4 is 5.43 Å². The summed E-state index contributed by atoms with van der Waals surface area (Å²) < 4.78 is 0. The predicted octanol–water partition coefficient (Wildman–Crippen LogP) is 0.121. The molecule has 0 amide bonds. The molecule has 0 saturated carbocycles. The average molecular weight is 104 g/mol. The number of nitrogens with one attached hydrogen (secondary N) is 1. The largest absolute Gasteiger partial charge is 0.310 e. The second kappa shape index (κ2) is 4.82. The molecule has 0 atom stereocenters. The van der Waals surface area contributed by atoms with Crippen LogP contribution in [0.4, 0.5) is 0 Å². The van der Waals surface area contributed by atoms with Crippen molar-refractivity contribution in [3.05, 3.63) is 0 Å². The van der Waals surface area contributed by atoms with Crippen molar-refractivity contribution in [2.45, 2.75) is 0 Å². The van der Waals surface area contributed by atoms with Gasteiger partial charge in [-0.2, -0.15) is 17.7 Å². The molecular weight excluding hydrogens is 96.1 g/mol. The third-order valence-electron chi connectivity index (χ3n) is 0.335. The Labute approximate surface area is 43.0 Å². The van der Waals surface area contributed by atoms with Crippen molar-refractivity contribution in [3.8, 4) is 0 Å². The van der Waals surface area contributed by atoms with Gasteiger partial charge in [-0.15, -0.1) is 0 Å². The van der Waals surface area contributed by atoms with Gasteiger partial charge < -0.3 is 5.43 Å². The maximum Gasteiger partial charge on any atom is 0.0417 e. The van der Waals surface area contributed by atoms with Crippen molar-refractivity contribution >= 4 is 19.3 Å². The van der Waals surface area contributed by atoms with Crippen molar-refractivity contribution < 1.29 is 0 Å². The van der Waals surface area contributed by atoms with Crippen LogP contribution in [0.2, 0.25) is 0 Å². The molecular formula is C3H8N2S. The Kier molecular flexibility index (Phi) is 4.68. The maximum atomic E-state index is 3.90. The zero-order valence-corrected chi connectivity index (χ0v) is 4.41. The van der Waals surface area contributed by atoms with Gasteiger partial charge in [-0.1, -0.05) is 0 Å². The Morgan fingerprint density at radius 2 is 2.50 bits per heavy atom. The van der Waals surface area contributed by atoms with E-state index in [9.17, 15) is 0 Å². The lowest BCUT2D eigenvalue weighted by Gasteiger charge is -1.88. The molecule has 0 heterocycles. The topological polar surface area (TPSA) is 24.4 Å². The number of hydrogen-bond donors (Lipinski definition) is 2. The van der Waals surface area contributed by atoms with E-state index in [2.05, 4.69) is 29.9 Å². The molecule has 2 nitrogen and oxygen atoms in total. The summed E-state index contributed by atoms with van der Waals surface area (Å²) in [5, 5.41) is 3.38. The summed E-state index contributed by atoms with van der Waals surface area (Å²) in [6, 6.07) is 0. The molecule has 0 aromatic heterocycles. The van der Waals surface area contributed by atoms with Gasteiger partial charge in [0, 0.05) is 19.0 Å². The molecule has 6 heavy (non-hydrogen) atoms. The fourth-order valence-electron chi connectivity index (χ4n) is 0.129. The van der Waals surface area contributed by atoms with E-state index < -0.39 is 0 Å². The fourth-order valence-corrected chi connectivity index (χ4v) is 0.229. The predicted molar refractivity (Wildman–Crippen MR) is 31.4 cm³/mol. The molecule has 1 N–H and O–H groups in total. The van der Waals surface area contributed by atoms with Crippen LogP contribution in [0.5, 0.6) is 0 Å². The number of hydrazone groups is 1. The standard InChI is InChI=1S/C3H8N2S/c1-4-5-2-3-6/h5-6H,1-3H2. The highest BCUT2D eigenvalue weighted by molar-refractivity contribution is 7.80. The smallest absolute Gasteiger partial charge is 0.0417 e. The molecule has 0 aliphatic carbocycles. The monoisotopic (exact) mass is 104 g/mol. The number of rotatable bonds is 3. The van der Waals surface area contributed by atoms with Crippen LogP contribution >= 0.6 is 12.6 Å². The first-order valence-electron chi connectivity index (χ1n) is 1.71. The summed E-state index contributed by atoms with van der Waals surface area (Å²) in [5.74, 6) is 0.805. The van der Waals surface area contributed by atoms with E-state index in [1.807, 2.05) is 0 Å². The van der Waals surface area contributed by atoms with E-state index in [0.717, 1.165) is 12.3 Å². The van der Waals surface area contributed by atoms with Crippen LogP contribution in [0.15, 0.2) is 5.10 Å². The number of hydrogen-bond acceptors (Lipinski definition) is 3.